The number of ether oxygens (including phenoxy) is 1. The van der Waals surface area contributed by atoms with Gasteiger partial charge in [-0.1, -0.05) is 28.4 Å². The van der Waals surface area contributed by atoms with Gasteiger partial charge in [-0.05, 0) is 12.1 Å². The lowest BCUT2D eigenvalue weighted by Gasteiger charge is -2.05. The number of aromatic nitrogens is 3. The third-order valence-corrected chi connectivity index (χ3v) is 2.84. The highest BCUT2D eigenvalue weighted by atomic mass is 35.5. The van der Waals surface area contributed by atoms with Crippen LogP contribution in [0, 0.1) is 0 Å². The highest BCUT2D eigenvalue weighted by Gasteiger charge is 2.14. The summed E-state index contributed by atoms with van der Waals surface area (Å²) in [5, 5.41) is 18.9. The summed E-state index contributed by atoms with van der Waals surface area (Å²) >= 11 is 11.6. The fourth-order valence-electron chi connectivity index (χ4n) is 1.24. The maximum Gasteiger partial charge on any atom is 0.356 e. The van der Waals surface area contributed by atoms with Crippen molar-refractivity contribution in [1.29, 1.82) is 0 Å². The molecule has 0 bridgehead atoms. The zero-order valence-electron chi connectivity index (χ0n) is 8.85. The van der Waals surface area contributed by atoms with Crippen molar-refractivity contribution < 1.29 is 14.6 Å². The monoisotopic (exact) mass is 287 g/mol. The second kappa shape index (κ2) is 5.24. The Morgan fingerprint density at radius 2 is 2.17 bits per heavy atom. The SMILES string of the molecule is O=C(O)c1[nH]nnc1COc1ccc(Cl)c(Cl)c1. The second-order valence-corrected chi connectivity index (χ2v) is 4.12. The molecule has 0 saturated heterocycles. The average molecular weight is 288 g/mol. The predicted octanol–water partition coefficient (Wildman–Crippen LogP) is 2.39. The van der Waals surface area contributed by atoms with Gasteiger partial charge in [0, 0.05) is 6.07 Å². The zero-order valence-corrected chi connectivity index (χ0v) is 10.4. The molecule has 94 valence electrons. The maximum atomic E-state index is 10.8. The summed E-state index contributed by atoms with van der Waals surface area (Å²) in [4.78, 5) is 10.8. The van der Waals surface area contributed by atoms with E-state index in [1.807, 2.05) is 0 Å². The van der Waals surface area contributed by atoms with Gasteiger partial charge in [-0.15, -0.1) is 5.10 Å². The van der Waals surface area contributed by atoms with E-state index in [9.17, 15) is 4.79 Å². The molecule has 1 aromatic heterocycles. The molecular formula is C10H7Cl2N3O3. The summed E-state index contributed by atoms with van der Waals surface area (Å²) < 4.78 is 5.35. The Morgan fingerprint density at radius 3 is 2.83 bits per heavy atom. The van der Waals surface area contributed by atoms with Gasteiger partial charge in [0.2, 0.25) is 0 Å². The molecule has 0 aliphatic heterocycles. The molecule has 0 aliphatic rings. The summed E-state index contributed by atoms with van der Waals surface area (Å²) in [6.45, 7) is -0.0317. The number of carboxylic acids is 1. The molecule has 0 saturated carbocycles. The minimum absolute atomic E-state index is 0.0317. The molecule has 8 heteroatoms. The van der Waals surface area contributed by atoms with Gasteiger partial charge in [0.25, 0.3) is 0 Å². The second-order valence-electron chi connectivity index (χ2n) is 3.30. The van der Waals surface area contributed by atoms with E-state index in [4.69, 9.17) is 33.0 Å². The summed E-state index contributed by atoms with van der Waals surface area (Å²) in [5.41, 5.74) is 0.101. The van der Waals surface area contributed by atoms with Crippen LogP contribution in [0.15, 0.2) is 18.2 Å². The Kier molecular flexibility index (Phi) is 3.69. The first-order valence-corrected chi connectivity index (χ1v) is 5.54. The minimum atomic E-state index is -1.15. The van der Waals surface area contributed by atoms with Gasteiger partial charge in [-0.3, -0.25) is 5.10 Å². The molecule has 1 heterocycles. The zero-order chi connectivity index (χ0) is 13.1. The fraction of sp³-hybridized carbons (Fsp3) is 0.100. The van der Waals surface area contributed by atoms with Crippen molar-refractivity contribution in [3.63, 3.8) is 0 Å². The third kappa shape index (κ3) is 2.72. The van der Waals surface area contributed by atoms with Gasteiger partial charge < -0.3 is 9.84 Å². The fourth-order valence-corrected chi connectivity index (χ4v) is 1.53. The Labute approximate surface area is 111 Å². The number of carboxylic acid groups (broad SMARTS) is 1. The van der Waals surface area contributed by atoms with Crippen molar-refractivity contribution in [3.05, 3.63) is 39.6 Å². The molecule has 0 fully saturated rings. The van der Waals surface area contributed by atoms with Crippen molar-refractivity contribution in [2.24, 2.45) is 0 Å². The lowest BCUT2D eigenvalue weighted by Crippen LogP contribution is -2.05. The number of rotatable bonds is 4. The van der Waals surface area contributed by atoms with Crippen LogP contribution >= 0.6 is 23.2 Å². The van der Waals surface area contributed by atoms with Crippen molar-refractivity contribution in [3.8, 4) is 5.75 Å². The van der Waals surface area contributed by atoms with E-state index in [1.165, 1.54) is 6.07 Å². The first-order valence-electron chi connectivity index (χ1n) is 4.79. The van der Waals surface area contributed by atoms with Crippen LogP contribution in [0.5, 0.6) is 5.75 Å². The Morgan fingerprint density at radius 1 is 1.39 bits per heavy atom. The molecule has 0 aliphatic carbocycles. The number of hydrogen-bond donors (Lipinski definition) is 2. The number of hydrogen-bond acceptors (Lipinski definition) is 4. The number of nitrogens with one attached hydrogen (secondary N) is 1. The molecule has 1 aromatic carbocycles. The summed E-state index contributed by atoms with van der Waals surface area (Å²) in [6, 6.07) is 4.74. The Balaban J connectivity index is 2.09. The van der Waals surface area contributed by atoms with Crippen molar-refractivity contribution in [1.82, 2.24) is 15.4 Å². The molecule has 6 nitrogen and oxygen atoms in total. The van der Waals surface area contributed by atoms with Gasteiger partial charge >= 0.3 is 5.97 Å². The van der Waals surface area contributed by atoms with E-state index < -0.39 is 5.97 Å². The predicted molar refractivity (Wildman–Crippen MR) is 64.1 cm³/mol. The van der Waals surface area contributed by atoms with Crippen molar-refractivity contribution in [2.45, 2.75) is 6.61 Å². The van der Waals surface area contributed by atoms with Crippen LogP contribution in [0.25, 0.3) is 0 Å². The number of aromatic amines is 1. The summed E-state index contributed by atoms with van der Waals surface area (Å²) in [6.07, 6.45) is 0. The molecule has 0 amide bonds. The number of benzene rings is 1. The number of halogens is 2. The van der Waals surface area contributed by atoms with Gasteiger partial charge in [0.1, 0.15) is 18.1 Å². The van der Waals surface area contributed by atoms with E-state index in [-0.39, 0.29) is 18.0 Å². The van der Waals surface area contributed by atoms with Crippen molar-refractivity contribution in [2.75, 3.05) is 0 Å². The van der Waals surface area contributed by atoms with Crippen LogP contribution in [0.2, 0.25) is 10.0 Å². The number of nitrogens with zero attached hydrogens (tertiary/aromatic N) is 2. The lowest BCUT2D eigenvalue weighted by atomic mass is 10.3. The molecule has 0 spiro atoms. The van der Waals surface area contributed by atoms with E-state index in [0.717, 1.165) is 0 Å². The molecule has 0 atom stereocenters. The van der Waals surface area contributed by atoms with Gasteiger partial charge in [-0.2, -0.15) is 0 Å². The maximum absolute atomic E-state index is 10.8. The summed E-state index contributed by atoms with van der Waals surface area (Å²) in [5.74, 6) is -0.684. The molecule has 0 unspecified atom stereocenters. The van der Waals surface area contributed by atoms with Crippen LogP contribution in [0.4, 0.5) is 0 Å². The molecule has 2 N–H and O–H groups in total. The standard InChI is InChI=1S/C10H7Cl2N3O3/c11-6-2-1-5(3-7(6)12)18-4-8-9(10(16)17)14-15-13-8/h1-3H,4H2,(H,16,17)(H,13,14,15). The highest BCUT2D eigenvalue weighted by Crippen LogP contribution is 2.26. The largest absolute Gasteiger partial charge is 0.487 e. The van der Waals surface area contributed by atoms with Crippen LogP contribution in [0.1, 0.15) is 16.2 Å². The minimum Gasteiger partial charge on any atom is -0.487 e. The van der Waals surface area contributed by atoms with Gasteiger partial charge in [-0.25, -0.2) is 4.79 Å². The van der Waals surface area contributed by atoms with Crippen molar-refractivity contribution >= 4 is 29.2 Å². The van der Waals surface area contributed by atoms with E-state index in [1.54, 1.807) is 12.1 Å². The molecular weight excluding hydrogens is 281 g/mol. The van der Waals surface area contributed by atoms with Crippen LogP contribution in [0.3, 0.4) is 0 Å². The number of aromatic carboxylic acids is 1. The molecule has 2 aromatic rings. The topological polar surface area (TPSA) is 88.1 Å². The first-order chi connectivity index (χ1) is 8.58. The highest BCUT2D eigenvalue weighted by molar-refractivity contribution is 6.42. The average Bonchev–Trinajstić information content (AvgIpc) is 2.79. The van der Waals surface area contributed by atoms with Crippen LogP contribution in [-0.4, -0.2) is 26.5 Å². The summed E-state index contributed by atoms with van der Waals surface area (Å²) in [7, 11) is 0. The Hall–Kier alpha value is -1.79. The molecule has 0 radical (unpaired) electrons. The van der Waals surface area contributed by atoms with Crippen LogP contribution < -0.4 is 4.74 Å². The first kappa shape index (κ1) is 12.7. The van der Waals surface area contributed by atoms with Crippen LogP contribution in [-0.2, 0) is 6.61 Å². The molecule has 18 heavy (non-hydrogen) atoms. The molecule has 2 rings (SSSR count). The van der Waals surface area contributed by atoms with E-state index in [0.29, 0.717) is 15.8 Å². The lowest BCUT2D eigenvalue weighted by molar-refractivity contribution is 0.0687. The number of carbonyl (C=O) groups is 1. The smallest absolute Gasteiger partial charge is 0.356 e. The van der Waals surface area contributed by atoms with E-state index in [2.05, 4.69) is 15.4 Å². The van der Waals surface area contributed by atoms with E-state index >= 15 is 0 Å². The Bertz CT molecular complexity index is 585. The quantitative estimate of drug-likeness (QED) is 0.901. The van der Waals surface area contributed by atoms with Gasteiger partial charge in [0.15, 0.2) is 5.69 Å². The third-order valence-electron chi connectivity index (χ3n) is 2.10. The normalized spacial score (nSPS) is 10.3. The number of H-pyrrole nitrogens is 1. The van der Waals surface area contributed by atoms with Gasteiger partial charge in [0.05, 0.1) is 10.0 Å².